The standard InChI is InChI=1S/C26H24N4O2S/c1-6-15-9-8-10-17-22(15)30-20-13-16(21-14-27-25(33-21)26(3,4)32)11-12-18(20)28-23(30)19(7-2)29(5)24(17)31/h1,8-14,19,32H,7H2,2-5H3. The first kappa shape index (κ1) is 21.4. The molecule has 1 aliphatic heterocycles. The predicted molar refractivity (Wildman–Crippen MR) is 130 cm³/mol. The number of imidazole rings is 1. The van der Waals surface area contributed by atoms with Gasteiger partial charge in [-0.05, 0) is 50.1 Å². The van der Waals surface area contributed by atoms with Crippen molar-refractivity contribution in [3.63, 3.8) is 0 Å². The van der Waals surface area contributed by atoms with Crippen LogP contribution in [0.25, 0.3) is 27.2 Å². The molecule has 1 N–H and O–H groups in total. The number of terminal acetylenes is 1. The van der Waals surface area contributed by atoms with Crippen molar-refractivity contribution in [2.45, 2.75) is 38.8 Å². The van der Waals surface area contributed by atoms with E-state index in [9.17, 15) is 9.90 Å². The van der Waals surface area contributed by atoms with Crippen LogP contribution in [0.2, 0.25) is 0 Å². The Labute approximate surface area is 196 Å². The summed E-state index contributed by atoms with van der Waals surface area (Å²) in [4.78, 5) is 25.4. The number of carbonyl (C=O) groups excluding carboxylic acids is 1. The fourth-order valence-corrected chi connectivity index (χ4v) is 5.34. The molecule has 0 spiro atoms. The molecule has 6 nitrogen and oxygen atoms in total. The van der Waals surface area contributed by atoms with Crippen molar-refractivity contribution in [3.05, 3.63) is 64.6 Å². The van der Waals surface area contributed by atoms with Crippen LogP contribution in [0.3, 0.4) is 0 Å². The number of aromatic nitrogens is 3. The SMILES string of the molecule is C#Cc1cccc2c1-n1c(nc3ccc(-c4cnc(C(C)(C)O)s4)cc31)C(CC)N(C)C2=O. The van der Waals surface area contributed by atoms with E-state index in [1.807, 2.05) is 37.4 Å². The Hall–Kier alpha value is -3.47. The Morgan fingerprint density at radius 1 is 1.27 bits per heavy atom. The maximum absolute atomic E-state index is 13.3. The van der Waals surface area contributed by atoms with Crippen molar-refractivity contribution < 1.29 is 9.90 Å². The van der Waals surface area contributed by atoms with Crippen LogP contribution in [0.1, 0.15) is 60.0 Å². The van der Waals surface area contributed by atoms with E-state index in [1.165, 1.54) is 11.3 Å². The van der Waals surface area contributed by atoms with E-state index in [0.29, 0.717) is 21.8 Å². The summed E-state index contributed by atoms with van der Waals surface area (Å²) < 4.78 is 2.05. The van der Waals surface area contributed by atoms with Gasteiger partial charge in [0.2, 0.25) is 0 Å². The van der Waals surface area contributed by atoms with Gasteiger partial charge in [-0.2, -0.15) is 0 Å². The predicted octanol–water partition coefficient (Wildman–Crippen LogP) is 4.89. The Kier molecular flexibility index (Phi) is 4.89. The van der Waals surface area contributed by atoms with Gasteiger partial charge >= 0.3 is 0 Å². The van der Waals surface area contributed by atoms with Gasteiger partial charge in [0, 0.05) is 18.8 Å². The van der Waals surface area contributed by atoms with Crippen LogP contribution in [-0.2, 0) is 5.60 Å². The molecule has 1 amide bonds. The van der Waals surface area contributed by atoms with E-state index in [-0.39, 0.29) is 11.9 Å². The summed E-state index contributed by atoms with van der Waals surface area (Å²) >= 11 is 1.46. The van der Waals surface area contributed by atoms with Crippen LogP contribution in [0.4, 0.5) is 0 Å². The lowest BCUT2D eigenvalue weighted by atomic mass is 10.1. The lowest BCUT2D eigenvalue weighted by Crippen LogP contribution is -2.30. The average Bonchev–Trinajstić information content (AvgIpc) is 3.41. The molecule has 2 aromatic carbocycles. The van der Waals surface area contributed by atoms with E-state index >= 15 is 0 Å². The van der Waals surface area contributed by atoms with Crippen LogP contribution < -0.4 is 0 Å². The third-order valence-electron chi connectivity index (χ3n) is 6.11. The second kappa shape index (κ2) is 7.55. The van der Waals surface area contributed by atoms with Crippen LogP contribution in [0.5, 0.6) is 0 Å². The molecular formula is C26H24N4O2S. The number of fused-ring (bicyclic) bond motifs is 5. The molecule has 0 fully saturated rings. The summed E-state index contributed by atoms with van der Waals surface area (Å²) in [6.07, 6.45) is 8.37. The second-order valence-corrected chi connectivity index (χ2v) is 9.81. The Balaban J connectivity index is 1.82. The topological polar surface area (TPSA) is 71.2 Å². The first-order valence-corrected chi connectivity index (χ1v) is 11.6. The van der Waals surface area contributed by atoms with Gasteiger partial charge < -0.3 is 10.0 Å². The first-order chi connectivity index (χ1) is 15.7. The average molecular weight is 457 g/mol. The van der Waals surface area contributed by atoms with Crippen LogP contribution >= 0.6 is 11.3 Å². The Bertz CT molecular complexity index is 1450. The molecule has 166 valence electrons. The van der Waals surface area contributed by atoms with E-state index in [0.717, 1.165) is 33.7 Å². The number of nitrogens with zero attached hydrogens (tertiary/aromatic N) is 4. The van der Waals surface area contributed by atoms with E-state index < -0.39 is 5.60 Å². The normalized spacial score (nSPS) is 15.8. The zero-order valence-electron chi connectivity index (χ0n) is 19.0. The molecule has 0 aliphatic carbocycles. The number of carbonyl (C=O) groups is 1. The molecule has 7 heteroatoms. The molecule has 1 atom stereocenters. The largest absolute Gasteiger partial charge is 0.383 e. The lowest BCUT2D eigenvalue weighted by Gasteiger charge is -2.24. The van der Waals surface area contributed by atoms with Crippen molar-refractivity contribution in [2.24, 2.45) is 0 Å². The van der Waals surface area contributed by atoms with Gasteiger partial charge in [-0.1, -0.05) is 25.0 Å². The molecule has 2 aromatic heterocycles. The molecule has 0 radical (unpaired) electrons. The molecule has 33 heavy (non-hydrogen) atoms. The van der Waals surface area contributed by atoms with Gasteiger partial charge in [0.25, 0.3) is 5.91 Å². The third kappa shape index (κ3) is 3.26. The third-order valence-corrected chi connectivity index (χ3v) is 7.47. The van der Waals surface area contributed by atoms with Gasteiger partial charge in [0.15, 0.2) is 0 Å². The van der Waals surface area contributed by atoms with Gasteiger partial charge in [-0.15, -0.1) is 17.8 Å². The zero-order chi connectivity index (χ0) is 23.5. The summed E-state index contributed by atoms with van der Waals surface area (Å²) in [5, 5.41) is 11.0. The maximum Gasteiger partial charge on any atom is 0.256 e. The molecule has 5 rings (SSSR count). The Morgan fingerprint density at radius 3 is 2.73 bits per heavy atom. The fraction of sp³-hybridized carbons (Fsp3) is 0.269. The van der Waals surface area contributed by atoms with Crippen molar-refractivity contribution >= 4 is 28.3 Å². The minimum absolute atomic E-state index is 0.0685. The van der Waals surface area contributed by atoms with Gasteiger partial charge in [0.1, 0.15) is 16.4 Å². The summed E-state index contributed by atoms with van der Waals surface area (Å²) in [5.41, 5.74) is 3.60. The van der Waals surface area contributed by atoms with Crippen molar-refractivity contribution in [2.75, 3.05) is 7.05 Å². The molecule has 0 saturated carbocycles. The highest BCUT2D eigenvalue weighted by Crippen LogP contribution is 2.39. The quantitative estimate of drug-likeness (QED) is 0.446. The highest BCUT2D eigenvalue weighted by Gasteiger charge is 2.34. The van der Waals surface area contributed by atoms with Crippen molar-refractivity contribution in [3.8, 4) is 28.5 Å². The number of hydrogen-bond donors (Lipinski definition) is 1. The molecule has 1 unspecified atom stereocenters. The number of amides is 1. The van der Waals surface area contributed by atoms with E-state index in [1.54, 1.807) is 24.9 Å². The number of benzene rings is 2. The number of hydrogen-bond acceptors (Lipinski definition) is 5. The molecular weight excluding hydrogens is 432 g/mol. The number of rotatable bonds is 3. The smallest absolute Gasteiger partial charge is 0.256 e. The van der Waals surface area contributed by atoms with Crippen molar-refractivity contribution in [1.29, 1.82) is 0 Å². The summed E-state index contributed by atoms with van der Waals surface area (Å²) in [6, 6.07) is 11.4. The van der Waals surface area contributed by atoms with Gasteiger partial charge in [-0.3, -0.25) is 9.36 Å². The summed E-state index contributed by atoms with van der Waals surface area (Å²) in [6.45, 7) is 5.51. The molecule has 0 bridgehead atoms. The lowest BCUT2D eigenvalue weighted by molar-refractivity contribution is 0.0725. The Morgan fingerprint density at radius 2 is 2.06 bits per heavy atom. The second-order valence-electron chi connectivity index (χ2n) is 8.78. The molecule has 3 heterocycles. The number of aliphatic hydroxyl groups is 1. The van der Waals surface area contributed by atoms with Gasteiger partial charge in [-0.25, -0.2) is 9.97 Å². The molecule has 0 saturated heterocycles. The minimum Gasteiger partial charge on any atom is -0.383 e. The van der Waals surface area contributed by atoms with E-state index in [2.05, 4.69) is 28.5 Å². The number of para-hydroxylation sites is 1. The van der Waals surface area contributed by atoms with Crippen LogP contribution in [0.15, 0.2) is 42.6 Å². The number of thiazole rings is 1. The summed E-state index contributed by atoms with van der Waals surface area (Å²) in [7, 11) is 1.82. The maximum atomic E-state index is 13.3. The molecule has 4 aromatic rings. The summed E-state index contributed by atoms with van der Waals surface area (Å²) in [5.74, 6) is 3.48. The van der Waals surface area contributed by atoms with Crippen LogP contribution in [0, 0.1) is 12.3 Å². The minimum atomic E-state index is -0.999. The van der Waals surface area contributed by atoms with Gasteiger partial charge in [0.05, 0.1) is 33.2 Å². The highest BCUT2D eigenvalue weighted by atomic mass is 32.1. The first-order valence-electron chi connectivity index (χ1n) is 10.8. The highest BCUT2D eigenvalue weighted by molar-refractivity contribution is 7.15. The van der Waals surface area contributed by atoms with E-state index in [4.69, 9.17) is 11.4 Å². The van der Waals surface area contributed by atoms with Crippen LogP contribution in [-0.4, -0.2) is 37.5 Å². The monoisotopic (exact) mass is 456 g/mol. The van der Waals surface area contributed by atoms with Crippen molar-refractivity contribution in [1.82, 2.24) is 19.4 Å². The zero-order valence-corrected chi connectivity index (χ0v) is 19.8. The fourth-order valence-electron chi connectivity index (χ4n) is 4.43. The molecule has 1 aliphatic rings.